The average Bonchev–Trinajstić information content (AvgIpc) is 3.16. The van der Waals surface area contributed by atoms with E-state index in [9.17, 15) is 14.7 Å². The Morgan fingerprint density at radius 1 is 1.27 bits per heavy atom. The molecule has 0 aliphatic carbocycles. The smallest absolute Gasteiger partial charge is 0.337 e. The number of anilines is 1. The summed E-state index contributed by atoms with van der Waals surface area (Å²) in [4.78, 5) is 23.7. The number of aromatic carboxylic acids is 1. The van der Waals surface area contributed by atoms with Crippen molar-refractivity contribution in [2.24, 2.45) is 0 Å². The second kappa shape index (κ2) is 7.00. The molecule has 1 aromatic carbocycles. The molecule has 0 atom stereocenters. The summed E-state index contributed by atoms with van der Waals surface area (Å²) in [5, 5.41) is 34.8. The Balaban J connectivity index is 1.87. The Labute approximate surface area is 151 Å². The Hall–Kier alpha value is -3.77. The maximum absolute atomic E-state index is 12.3. The van der Waals surface area contributed by atoms with Crippen LogP contribution in [0, 0.1) is 11.3 Å². The molecule has 3 N–H and O–H groups in total. The number of carboxylic acid groups (broad SMARTS) is 1. The van der Waals surface area contributed by atoms with Crippen LogP contribution in [0.25, 0.3) is 11.3 Å². The normalized spacial score (nSPS) is 10.2. The van der Waals surface area contributed by atoms with E-state index < -0.39 is 11.9 Å². The number of aromatic nitrogens is 4. The first kappa shape index (κ1) is 17.1. The number of carbonyl (C=O) groups excluding carboxylic acids is 1. The van der Waals surface area contributed by atoms with E-state index in [1.54, 1.807) is 24.5 Å². The van der Waals surface area contributed by atoms with E-state index in [2.05, 4.69) is 25.7 Å². The summed E-state index contributed by atoms with van der Waals surface area (Å²) in [6, 6.07) is 7.10. The van der Waals surface area contributed by atoms with Crippen LogP contribution in [0.2, 0.25) is 5.02 Å². The van der Waals surface area contributed by atoms with Crippen LogP contribution in [0.4, 0.5) is 5.69 Å². The summed E-state index contributed by atoms with van der Waals surface area (Å²) in [5.74, 6) is -1.98. The number of nitriles is 1. The Bertz CT molecular complexity index is 1030. The monoisotopic (exact) mass is 368 g/mol. The van der Waals surface area contributed by atoms with Crippen LogP contribution in [0.5, 0.6) is 0 Å². The second-order valence-electron chi connectivity index (χ2n) is 5.04. The van der Waals surface area contributed by atoms with Gasteiger partial charge >= 0.3 is 5.97 Å². The minimum absolute atomic E-state index is 0.00803. The lowest BCUT2D eigenvalue weighted by molar-refractivity contribution is 0.0698. The second-order valence-corrected chi connectivity index (χ2v) is 5.45. The van der Waals surface area contributed by atoms with Crippen molar-refractivity contribution < 1.29 is 14.7 Å². The molecule has 0 saturated heterocycles. The van der Waals surface area contributed by atoms with Gasteiger partial charge in [-0.1, -0.05) is 11.6 Å². The van der Waals surface area contributed by atoms with Crippen LogP contribution in [-0.2, 0) is 0 Å². The zero-order valence-corrected chi connectivity index (χ0v) is 13.7. The molecule has 0 bridgehead atoms. The number of nitrogens with one attached hydrogen (secondary N) is 2. The van der Waals surface area contributed by atoms with E-state index in [0.717, 1.165) is 6.07 Å². The van der Waals surface area contributed by atoms with E-state index in [0.29, 0.717) is 11.3 Å². The number of carboxylic acids is 1. The molecule has 0 spiro atoms. The van der Waals surface area contributed by atoms with Crippen molar-refractivity contribution in [3.63, 3.8) is 0 Å². The van der Waals surface area contributed by atoms with Gasteiger partial charge in [0.05, 0.1) is 33.7 Å². The predicted molar refractivity (Wildman–Crippen MR) is 90.7 cm³/mol. The molecule has 2 aromatic heterocycles. The number of carbonyl (C=O) groups is 2. The topological polar surface area (TPSA) is 145 Å². The van der Waals surface area contributed by atoms with Crippen molar-refractivity contribution in [2.45, 2.75) is 0 Å². The van der Waals surface area contributed by atoms with Crippen molar-refractivity contribution in [1.29, 1.82) is 5.26 Å². The zero-order chi connectivity index (χ0) is 18.7. The minimum Gasteiger partial charge on any atom is -0.478 e. The highest BCUT2D eigenvalue weighted by molar-refractivity contribution is 6.32. The highest BCUT2D eigenvalue weighted by atomic mass is 35.5. The number of rotatable bonds is 4. The summed E-state index contributed by atoms with van der Waals surface area (Å²) in [6.07, 6.45) is 3.18. The predicted octanol–water partition coefficient (Wildman–Crippen LogP) is 2.34. The largest absolute Gasteiger partial charge is 0.478 e. The first-order valence-corrected chi connectivity index (χ1v) is 7.48. The van der Waals surface area contributed by atoms with Gasteiger partial charge in [0, 0.05) is 11.8 Å². The number of benzene rings is 1. The van der Waals surface area contributed by atoms with Gasteiger partial charge in [-0.2, -0.15) is 10.4 Å². The van der Waals surface area contributed by atoms with Gasteiger partial charge in [-0.05, 0) is 24.3 Å². The van der Waals surface area contributed by atoms with E-state index in [1.807, 2.05) is 0 Å². The van der Waals surface area contributed by atoms with E-state index in [4.69, 9.17) is 16.9 Å². The molecule has 9 nitrogen and oxygen atoms in total. The summed E-state index contributed by atoms with van der Waals surface area (Å²) in [6.45, 7) is 0. The first-order chi connectivity index (χ1) is 12.5. The molecule has 0 aliphatic rings. The Morgan fingerprint density at radius 2 is 2.08 bits per heavy atom. The average molecular weight is 369 g/mol. The fraction of sp³-hybridized carbons (Fsp3) is 0. The van der Waals surface area contributed by atoms with Gasteiger partial charge in [-0.15, -0.1) is 10.2 Å². The van der Waals surface area contributed by atoms with Gasteiger partial charge in [0.25, 0.3) is 5.91 Å². The number of hydrogen-bond acceptors (Lipinski definition) is 6. The molecule has 0 fully saturated rings. The number of hydrogen-bond donors (Lipinski definition) is 3. The van der Waals surface area contributed by atoms with Crippen molar-refractivity contribution in [1.82, 2.24) is 20.4 Å². The first-order valence-electron chi connectivity index (χ1n) is 7.10. The molecular formula is C16H9ClN6O3. The van der Waals surface area contributed by atoms with Gasteiger partial charge in [0.1, 0.15) is 6.07 Å². The molecule has 3 rings (SSSR count). The van der Waals surface area contributed by atoms with Crippen molar-refractivity contribution in [3.8, 4) is 17.3 Å². The number of aromatic amines is 1. The molecular weight excluding hydrogens is 360 g/mol. The quantitative estimate of drug-likeness (QED) is 0.640. The lowest BCUT2D eigenvalue weighted by Crippen LogP contribution is -2.17. The van der Waals surface area contributed by atoms with Gasteiger partial charge < -0.3 is 10.4 Å². The third kappa shape index (κ3) is 3.35. The molecule has 1 amide bonds. The van der Waals surface area contributed by atoms with Crippen LogP contribution < -0.4 is 5.32 Å². The molecule has 0 aliphatic heterocycles. The molecule has 3 aromatic rings. The van der Waals surface area contributed by atoms with Crippen LogP contribution in [0.15, 0.2) is 36.7 Å². The van der Waals surface area contributed by atoms with E-state index >= 15 is 0 Å². The maximum atomic E-state index is 12.3. The summed E-state index contributed by atoms with van der Waals surface area (Å²) >= 11 is 5.91. The highest BCUT2D eigenvalue weighted by Crippen LogP contribution is 2.26. The maximum Gasteiger partial charge on any atom is 0.337 e. The Kier molecular flexibility index (Phi) is 4.59. The number of amides is 1. The number of halogens is 1. The highest BCUT2D eigenvalue weighted by Gasteiger charge is 2.18. The Morgan fingerprint density at radius 3 is 2.65 bits per heavy atom. The summed E-state index contributed by atoms with van der Waals surface area (Å²) in [5.41, 5.74) is 0.884. The van der Waals surface area contributed by atoms with Gasteiger partial charge in [-0.25, -0.2) is 4.79 Å². The van der Waals surface area contributed by atoms with Gasteiger partial charge in [-0.3, -0.25) is 9.89 Å². The minimum atomic E-state index is -1.31. The van der Waals surface area contributed by atoms with Crippen LogP contribution in [0.3, 0.4) is 0 Å². The van der Waals surface area contributed by atoms with Crippen molar-refractivity contribution in [2.75, 3.05) is 5.32 Å². The van der Waals surface area contributed by atoms with E-state index in [1.165, 1.54) is 12.1 Å². The van der Waals surface area contributed by atoms with Crippen molar-refractivity contribution in [3.05, 3.63) is 58.5 Å². The van der Waals surface area contributed by atoms with Crippen LogP contribution in [-0.4, -0.2) is 37.4 Å². The summed E-state index contributed by atoms with van der Waals surface area (Å²) < 4.78 is 0. The SMILES string of the molecule is N#Cc1cc(C(=O)O)c(NC(=O)c2ccc(-c3cn[nH]c3)nn2)cc1Cl. The molecule has 26 heavy (non-hydrogen) atoms. The fourth-order valence-electron chi connectivity index (χ4n) is 2.12. The van der Waals surface area contributed by atoms with E-state index in [-0.39, 0.29) is 27.5 Å². The number of H-pyrrole nitrogens is 1. The molecule has 0 radical (unpaired) electrons. The lowest BCUT2D eigenvalue weighted by Gasteiger charge is -2.09. The van der Waals surface area contributed by atoms with Gasteiger partial charge in [0.15, 0.2) is 5.69 Å². The standard InChI is InChI=1S/C16H9ClN6O3/c17-11-4-14(10(16(25)26)3-8(11)5-18)21-15(24)13-2-1-12(22-23-13)9-6-19-20-7-9/h1-4,6-7H,(H,19,20)(H,21,24)(H,25,26). The summed E-state index contributed by atoms with van der Waals surface area (Å²) in [7, 11) is 0. The van der Waals surface area contributed by atoms with Crippen LogP contribution in [0.1, 0.15) is 26.4 Å². The zero-order valence-electron chi connectivity index (χ0n) is 12.9. The fourth-order valence-corrected chi connectivity index (χ4v) is 2.33. The number of nitrogens with zero attached hydrogens (tertiary/aromatic N) is 4. The lowest BCUT2D eigenvalue weighted by atomic mass is 10.1. The third-order valence-electron chi connectivity index (χ3n) is 3.40. The van der Waals surface area contributed by atoms with Crippen LogP contribution >= 0.6 is 11.6 Å². The molecule has 10 heteroatoms. The third-order valence-corrected chi connectivity index (χ3v) is 3.71. The molecule has 0 unspecified atom stereocenters. The molecule has 0 saturated carbocycles. The molecule has 2 heterocycles. The van der Waals surface area contributed by atoms with Crippen molar-refractivity contribution >= 4 is 29.2 Å². The van der Waals surface area contributed by atoms with Gasteiger partial charge in [0.2, 0.25) is 0 Å². The molecule has 128 valence electrons.